The van der Waals surface area contributed by atoms with Crippen LogP contribution < -0.4 is 10.2 Å². The number of rotatable bonds is 3. The molecule has 132 valence electrons. The number of carbonyl (C=O) groups is 3. The molecule has 26 heavy (non-hydrogen) atoms. The Balaban J connectivity index is 1.97. The van der Waals surface area contributed by atoms with Gasteiger partial charge in [-0.2, -0.15) is 0 Å². The maximum Gasteiger partial charge on any atom is 0.301 e. The first-order chi connectivity index (χ1) is 12.3. The van der Waals surface area contributed by atoms with Crippen LogP contribution in [-0.4, -0.2) is 22.8 Å². The van der Waals surface area contributed by atoms with Crippen LogP contribution in [0.25, 0.3) is 5.57 Å². The van der Waals surface area contributed by atoms with Gasteiger partial charge in [-0.25, -0.2) is 13.7 Å². The monoisotopic (exact) mass is 358 g/mol. The molecule has 0 spiro atoms. The molecular formula is C18H12F2N2O4. The van der Waals surface area contributed by atoms with Gasteiger partial charge in [0.25, 0.3) is 5.91 Å². The lowest BCUT2D eigenvalue weighted by atomic mass is 10.1. The van der Waals surface area contributed by atoms with Crippen molar-refractivity contribution in [2.24, 2.45) is 0 Å². The fraction of sp³-hybridized carbons (Fsp3) is 0.0556. The van der Waals surface area contributed by atoms with E-state index in [-0.39, 0.29) is 17.0 Å². The van der Waals surface area contributed by atoms with Crippen LogP contribution in [0, 0.1) is 11.6 Å². The summed E-state index contributed by atoms with van der Waals surface area (Å²) in [5.74, 6) is -5.15. The van der Waals surface area contributed by atoms with E-state index in [1.807, 2.05) is 0 Å². The normalized spacial score (nSPS) is 14.2. The van der Waals surface area contributed by atoms with E-state index in [0.717, 1.165) is 12.1 Å². The van der Waals surface area contributed by atoms with E-state index in [9.17, 15) is 28.3 Å². The third-order valence-corrected chi connectivity index (χ3v) is 3.70. The van der Waals surface area contributed by atoms with Gasteiger partial charge in [0.1, 0.15) is 11.6 Å². The van der Waals surface area contributed by atoms with Crippen LogP contribution in [0.1, 0.15) is 12.5 Å². The Morgan fingerprint density at radius 2 is 1.69 bits per heavy atom. The highest BCUT2D eigenvalue weighted by molar-refractivity contribution is 6.44. The van der Waals surface area contributed by atoms with Gasteiger partial charge in [-0.1, -0.05) is 12.1 Å². The molecule has 0 radical (unpaired) electrons. The average Bonchev–Trinajstić information content (AvgIpc) is 2.78. The van der Waals surface area contributed by atoms with E-state index < -0.39 is 34.9 Å². The summed E-state index contributed by atoms with van der Waals surface area (Å²) in [5.41, 5.74) is -0.106. The van der Waals surface area contributed by atoms with E-state index >= 15 is 0 Å². The van der Waals surface area contributed by atoms with Crippen molar-refractivity contribution in [3.63, 3.8) is 0 Å². The van der Waals surface area contributed by atoms with Crippen LogP contribution in [-0.2, 0) is 14.4 Å². The summed E-state index contributed by atoms with van der Waals surface area (Å²) in [6.07, 6.45) is 0. The molecule has 2 N–H and O–H groups in total. The van der Waals surface area contributed by atoms with Gasteiger partial charge in [-0.05, 0) is 29.8 Å². The quantitative estimate of drug-likeness (QED) is 0.826. The van der Waals surface area contributed by atoms with Crippen LogP contribution in [0.3, 0.4) is 0 Å². The summed E-state index contributed by atoms with van der Waals surface area (Å²) in [6, 6.07) is 8.19. The second-order valence-corrected chi connectivity index (χ2v) is 5.52. The van der Waals surface area contributed by atoms with E-state index in [1.165, 1.54) is 31.2 Å². The summed E-state index contributed by atoms with van der Waals surface area (Å²) >= 11 is 0. The number of aliphatic hydroxyl groups is 1. The minimum Gasteiger partial charge on any atom is -0.502 e. The fourth-order valence-corrected chi connectivity index (χ4v) is 2.58. The van der Waals surface area contributed by atoms with Crippen LogP contribution >= 0.6 is 0 Å². The first-order valence-electron chi connectivity index (χ1n) is 7.44. The van der Waals surface area contributed by atoms with E-state index in [0.29, 0.717) is 16.7 Å². The minimum atomic E-state index is -1.11. The largest absolute Gasteiger partial charge is 0.502 e. The second kappa shape index (κ2) is 6.40. The van der Waals surface area contributed by atoms with Gasteiger partial charge in [-0.15, -0.1) is 0 Å². The highest BCUT2D eigenvalue weighted by atomic mass is 19.1. The summed E-state index contributed by atoms with van der Waals surface area (Å²) < 4.78 is 27.0. The standard InChI is InChI=1S/C18H12F2N2O4/c1-9(23)21-12-5-2-10(3-6-12)15-16(24)18(26)22(17(15)25)14-7-4-11(19)8-13(14)20/h2-8,24H,1H3,(H,21,23). The average molecular weight is 358 g/mol. The number of amides is 3. The maximum atomic E-state index is 14.0. The van der Waals surface area contributed by atoms with Crippen molar-refractivity contribution >= 4 is 34.7 Å². The molecule has 6 nitrogen and oxygen atoms in total. The van der Waals surface area contributed by atoms with Crippen molar-refractivity contribution in [2.75, 3.05) is 10.2 Å². The molecule has 0 aromatic heterocycles. The highest BCUT2D eigenvalue weighted by Crippen LogP contribution is 2.33. The fourth-order valence-electron chi connectivity index (χ4n) is 2.58. The number of carbonyl (C=O) groups excluding carboxylic acids is 3. The van der Waals surface area contributed by atoms with Crippen molar-refractivity contribution in [3.05, 3.63) is 65.4 Å². The number of aliphatic hydroxyl groups excluding tert-OH is 1. The molecule has 1 aliphatic heterocycles. The molecule has 0 saturated heterocycles. The van der Waals surface area contributed by atoms with Crippen molar-refractivity contribution in [1.82, 2.24) is 0 Å². The lowest BCUT2D eigenvalue weighted by Crippen LogP contribution is -2.32. The van der Waals surface area contributed by atoms with Crippen molar-refractivity contribution in [2.45, 2.75) is 6.92 Å². The Labute approximate surface area is 146 Å². The van der Waals surface area contributed by atoms with Crippen molar-refractivity contribution < 1.29 is 28.3 Å². The molecule has 0 aliphatic carbocycles. The Bertz CT molecular complexity index is 968. The van der Waals surface area contributed by atoms with Gasteiger partial charge >= 0.3 is 5.91 Å². The van der Waals surface area contributed by atoms with Gasteiger partial charge in [0.05, 0.1) is 11.3 Å². The molecule has 2 aromatic rings. The van der Waals surface area contributed by atoms with Gasteiger partial charge in [0.15, 0.2) is 5.76 Å². The molecule has 3 rings (SSSR count). The first kappa shape index (κ1) is 17.3. The first-order valence-corrected chi connectivity index (χ1v) is 7.44. The molecule has 0 atom stereocenters. The number of benzene rings is 2. The molecule has 2 aromatic carbocycles. The zero-order valence-electron chi connectivity index (χ0n) is 13.4. The highest BCUT2D eigenvalue weighted by Gasteiger charge is 2.41. The van der Waals surface area contributed by atoms with Gasteiger partial charge in [-0.3, -0.25) is 14.4 Å². The zero-order valence-corrected chi connectivity index (χ0v) is 13.4. The number of nitrogens with one attached hydrogen (secondary N) is 1. The smallest absolute Gasteiger partial charge is 0.301 e. The predicted molar refractivity (Wildman–Crippen MR) is 89.1 cm³/mol. The number of hydrogen-bond acceptors (Lipinski definition) is 4. The Morgan fingerprint density at radius 1 is 1.04 bits per heavy atom. The molecule has 0 unspecified atom stereocenters. The van der Waals surface area contributed by atoms with Crippen molar-refractivity contribution in [1.29, 1.82) is 0 Å². The predicted octanol–water partition coefficient (Wildman–Crippen LogP) is 2.77. The topological polar surface area (TPSA) is 86.7 Å². The summed E-state index contributed by atoms with van der Waals surface area (Å²) in [5, 5.41) is 12.6. The lowest BCUT2D eigenvalue weighted by Gasteiger charge is -2.15. The maximum absolute atomic E-state index is 14.0. The van der Waals surface area contributed by atoms with E-state index in [1.54, 1.807) is 0 Å². The van der Waals surface area contributed by atoms with Gasteiger partial charge < -0.3 is 10.4 Å². The minimum absolute atomic E-state index is 0.208. The van der Waals surface area contributed by atoms with E-state index in [2.05, 4.69) is 5.32 Å². The number of halogens is 2. The molecule has 0 bridgehead atoms. The van der Waals surface area contributed by atoms with Crippen LogP contribution in [0.4, 0.5) is 20.2 Å². The lowest BCUT2D eigenvalue weighted by molar-refractivity contribution is -0.121. The number of hydrogen-bond donors (Lipinski definition) is 2. The summed E-state index contributed by atoms with van der Waals surface area (Å²) in [7, 11) is 0. The third-order valence-electron chi connectivity index (χ3n) is 3.70. The molecule has 1 heterocycles. The molecule has 8 heteroatoms. The van der Waals surface area contributed by atoms with Crippen LogP contribution in [0.5, 0.6) is 0 Å². The van der Waals surface area contributed by atoms with Crippen LogP contribution in [0.15, 0.2) is 48.2 Å². The molecule has 0 saturated carbocycles. The van der Waals surface area contributed by atoms with Crippen LogP contribution in [0.2, 0.25) is 0 Å². The molecule has 1 aliphatic rings. The van der Waals surface area contributed by atoms with Gasteiger partial charge in [0, 0.05) is 18.7 Å². The number of anilines is 2. The molecular weight excluding hydrogens is 346 g/mol. The second-order valence-electron chi connectivity index (χ2n) is 5.52. The third kappa shape index (κ3) is 2.92. The molecule has 3 amide bonds. The summed E-state index contributed by atoms with van der Waals surface area (Å²) in [4.78, 5) is 36.3. The summed E-state index contributed by atoms with van der Waals surface area (Å²) in [6.45, 7) is 1.33. The molecule has 0 fully saturated rings. The number of nitrogens with zero attached hydrogens (tertiary/aromatic N) is 1. The zero-order chi connectivity index (χ0) is 19.0. The van der Waals surface area contributed by atoms with Crippen molar-refractivity contribution in [3.8, 4) is 0 Å². The number of imide groups is 1. The van der Waals surface area contributed by atoms with Gasteiger partial charge in [0.2, 0.25) is 5.91 Å². The Hall–Kier alpha value is -3.55. The Kier molecular flexibility index (Phi) is 4.25. The van der Waals surface area contributed by atoms with E-state index in [4.69, 9.17) is 0 Å². The SMILES string of the molecule is CC(=O)Nc1ccc(C2=C(O)C(=O)N(c3ccc(F)cc3F)C2=O)cc1. The Morgan fingerprint density at radius 3 is 2.27 bits per heavy atom.